The summed E-state index contributed by atoms with van der Waals surface area (Å²) in [5.74, 6) is 0. The molecule has 0 aliphatic heterocycles. The van der Waals surface area contributed by atoms with E-state index in [9.17, 15) is 13.2 Å². The van der Waals surface area contributed by atoms with Crippen LogP contribution in [0.1, 0.15) is 0 Å². The summed E-state index contributed by atoms with van der Waals surface area (Å²) in [5.41, 5.74) is 0. The topological polar surface area (TPSA) is 20.2 Å². The fourth-order valence-electron chi connectivity index (χ4n) is 0. The van der Waals surface area contributed by atoms with Gasteiger partial charge in [0.05, 0.1) is 0 Å². The van der Waals surface area contributed by atoms with E-state index in [1.807, 2.05) is 0 Å². The summed E-state index contributed by atoms with van der Waals surface area (Å²) in [4.78, 5) is 0. The van der Waals surface area contributed by atoms with Gasteiger partial charge in [-0.25, -0.2) is 0 Å². The van der Waals surface area contributed by atoms with E-state index in [4.69, 9.17) is 5.11 Å². The molecule has 1 nitrogen and oxygen atoms in total. The lowest BCUT2D eigenvalue weighted by atomic mass is 10.4. The van der Waals surface area contributed by atoms with Gasteiger partial charge in [-0.05, 0) is 0 Å². The molecule has 0 aliphatic rings. The van der Waals surface area contributed by atoms with Crippen LogP contribution in [0.3, 0.4) is 0 Å². The van der Waals surface area contributed by atoms with Crippen molar-refractivity contribution in [2.45, 2.75) is 12.3 Å². The third kappa shape index (κ3) is 2.45. The van der Waals surface area contributed by atoms with Crippen molar-refractivity contribution in [1.29, 1.82) is 0 Å². The van der Waals surface area contributed by atoms with Crippen molar-refractivity contribution in [3.8, 4) is 0 Å². The van der Waals surface area contributed by atoms with Gasteiger partial charge >= 0.3 is 6.18 Å². The summed E-state index contributed by atoms with van der Waals surface area (Å²) >= 11 is 0. The van der Waals surface area contributed by atoms with Crippen LogP contribution < -0.4 is 0 Å². The minimum absolute atomic E-state index is 2.70. The van der Waals surface area contributed by atoms with E-state index in [2.05, 4.69) is 6.92 Å². The molecule has 0 saturated heterocycles. The van der Waals surface area contributed by atoms with Crippen LogP contribution in [-0.2, 0) is 0 Å². The second-order valence-electron chi connectivity index (χ2n) is 0.986. The molecule has 1 N–H and O–H groups in total. The standard InChI is InChI=1S/C3H3F3O/c1-2(7)3(4,5)6/h1-2,7H. The number of aliphatic hydroxyl groups is 1. The van der Waals surface area contributed by atoms with Gasteiger partial charge in [0.2, 0.25) is 0 Å². The maximum Gasteiger partial charge on any atom is 0.414 e. The molecule has 7 heavy (non-hydrogen) atoms. The Morgan fingerprint density at radius 2 is 1.57 bits per heavy atom. The molecule has 0 fully saturated rings. The molecule has 0 aromatic rings. The minimum Gasteiger partial charge on any atom is -0.383 e. The number of rotatable bonds is 0. The first-order valence-electron chi connectivity index (χ1n) is 1.45. The van der Waals surface area contributed by atoms with Crippen molar-refractivity contribution in [3.05, 3.63) is 6.92 Å². The van der Waals surface area contributed by atoms with Crippen molar-refractivity contribution >= 4 is 0 Å². The second-order valence-corrected chi connectivity index (χ2v) is 0.986. The second kappa shape index (κ2) is 1.69. The van der Waals surface area contributed by atoms with Gasteiger partial charge in [0.25, 0.3) is 0 Å². The molecule has 0 rings (SSSR count). The molecule has 0 saturated carbocycles. The number of hydrogen-bond donors (Lipinski definition) is 1. The summed E-state index contributed by atoms with van der Waals surface area (Å²) in [5, 5.41) is 7.54. The van der Waals surface area contributed by atoms with Gasteiger partial charge in [0, 0.05) is 6.92 Å². The summed E-state index contributed by atoms with van der Waals surface area (Å²) in [6.07, 6.45) is -7.37. The molecule has 0 spiro atoms. The molecule has 1 atom stereocenters. The van der Waals surface area contributed by atoms with Gasteiger partial charge in [-0.3, -0.25) is 0 Å². The van der Waals surface area contributed by atoms with Gasteiger partial charge in [-0.1, -0.05) is 0 Å². The van der Waals surface area contributed by atoms with Crippen molar-refractivity contribution in [2.24, 2.45) is 0 Å². The van der Waals surface area contributed by atoms with Crippen molar-refractivity contribution in [2.75, 3.05) is 0 Å². The van der Waals surface area contributed by atoms with Crippen LogP contribution in [0.25, 0.3) is 0 Å². The smallest absolute Gasteiger partial charge is 0.383 e. The zero-order valence-corrected chi connectivity index (χ0v) is 3.24. The highest BCUT2D eigenvalue weighted by molar-refractivity contribution is 4.65. The first kappa shape index (κ1) is 6.75. The van der Waals surface area contributed by atoms with Crippen LogP contribution in [0.4, 0.5) is 13.2 Å². The molecule has 0 bridgehead atoms. The van der Waals surface area contributed by atoms with E-state index >= 15 is 0 Å². The summed E-state index contributed by atoms with van der Waals surface area (Å²) < 4.78 is 32.4. The zero-order chi connectivity index (χ0) is 6.08. The molecule has 0 aromatic heterocycles. The maximum atomic E-state index is 10.8. The average molecular weight is 112 g/mol. The molecular formula is C3H3F3O. The molecule has 0 heterocycles. The Hall–Kier alpha value is -0.250. The Labute approximate surface area is 38.8 Å². The minimum atomic E-state index is -4.67. The lowest BCUT2D eigenvalue weighted by Crippen LogP contribution is -2.24. The van der Waals surface area contributed by atoms with Crippen molar-refractivity contribution < 1.29 is 18.3 Å². The Kier molecular flexibility index (Phi) is 1.63. The van der Waals surface area contributed by atoms with Crippen LogP contribution >= 0.6 is 0 Å². The normalized spacial score (nSPS) is 16.7. The summed E-state index contributed by atoms with van der Waals surface area (Å²) in [6, 6.07) is 0. The van der Waals surface area contributed by atoms with E-state index in [0.29, 0.717) is 0 Å². The Morgan fingerprint density at radius 1 is 1.43 bits per heavy atom. The van der Waals surface area contributed by atoms with Crippen molar-refractivity contribution in [3.63, 3.8) is 0 Å². The first-order valence-corrected chi connectivity index (χ1v) is 1.45. The Morgan fingerprint density at radius 3 is 1.57 bits per heavy atom. The number of halogens is 3. The Bertz CT molecular complexity index is 55.7. The van der Waals surface area contributed by atoms with Gasteiger partial charge in [-0.2, -0.15) is 13.2 Å². The van der Waals surface area contributed by atoms with E-state index in [1.54, 1.807) is 0 Å². The predicted octanol–water partition coefficient (Wildman–Crippen LogP) is 0.621. The summed E-state index contributed by atoms with van der Waals surface area (Å²) in [7, 11) is 0. The van der Waals surface area contributed by atoms with Crippen LogP contribution in [0.2, 0.25) is 0 Å². The third-order valence-corrected chi connectivity index (χ3v) is 0.335. The molecule has 4 heteroatoms. The largest absolute Gasteiger partial charge is 0.414 e. The zero-order valence-electron chi connectivity index (χ0n) is 3.24. The van der Waals surface area contributed by atoms with Crippen LogP contribution in [-0.4, -0.2) is 17.4 Å². The van der Waals surface area contributed by atoms with Gasteiger partial charge in [-0.15, -0.1) is 0 Å². The lowest BCUT2D eigenvalue weighted by Gasteiger charge is -2.06. The number of hydrogen-bond acceptors (Lipinski definition) is 1. The molecular weight excluding hydrogens is 109 g/mol. The highest BCUT2D eigenvalue weighted by atomic mass is 19.4. The van der Waals surface area contributed by atoms with E-state index in [1.165, 1.54) is 0 Å². The van der Waals surface area contributed by atoms with Crippen LogP contribution in [0.5, 0.6) is 0 Å². The van der Waals surface area contributed by atoms with Crippen LogP contribution in [0, 0.1) is 6.92 Å². The average Bonchev–Trinajstić information content (AvgIpc) is 1.31. The van der Waals surface area contributed by atoms with Gasteiger partial charge in [0.15, 0.2) is 6.10 Å². The molecule has 2 radical (unpaired) electrons. The fourth-order valence-corrected chi connectivity index (χ4v) is 0. The molecule has 42 valence electrons. The number of aliphatic hydroxyl groups excluding tert-OH is 1. The molecule has 0 aromatic carbocycles. The third-order valence-electron chi connectivity index (χ3n) is 0.335. The van der Waals surface area contributed by atoms with E-state index in [0.717, 1.165) is 0 Å². The quantitative estimate of drug-likeness (QED) is 0.487. The fraction of sp³-hybridized carbons (Fsp3) is 0.667. The Balaban J connectivity index is 3.54. The molecule has 0 amide bonds. The first-order chi connectivity index (χ1) is 2.94. The monoisotopic (exact) mass is 112 g/mol. The number of alkyl halides is 3. The highest BCUT2D eigenvalue weighted by Crippen LogP contribution is 2.18. The SMILES string of the molecule is [CH]C(O)C(F)(F)F. The van der Waals surface area contributed by atoms with Crippen molar-refractivity contribution in [1.82, 2.24) is 0 Å². The molecule has 0 aliphatic carbocycles. The molecule has 1 unspecified atom stereocenters. The van der Waals surface area contributed by atoms with E-state index < -0.39 is 12.3 Å². The lowest BCUT2D eigenvalue weighted by molar-refractivity contribution is -0.188. The van der Waals surface area contributed by atoms with E-state index in [-0.39, 0.29) is 0 Å². The highest BCUT2D eigenvalue weighted by Gasteiger charge is 2.34. The maximum absolute atomic E-state index is 10.8. The summed E-state index contributed by atoms with van der Waals surface area (Å²) in [6.45, 7) is 4.00. The van der Waals surface area contributed by atoms with Gasteiger partial charge < -0.3 is 5.11 Å². The van der Waals surface area contributed by atoms with Crippen LogP contribution in [0.15, 0.2) is 0 Å². The van der Waals surface area contributed by atoms with Gasteiger partial charge in [0.1, 0.15) is 0 Å². The predicted molar refractivity (Wildman–Crippen MR) is 16.4 cm³/mol.